The molecule has 19 heavy (non-hydrogen) atoms. The summed E-state index contributed by atoms with van der Waals surface area (Å²) in [6, 6.07) is 4.54. The van der Waals surface area contributed by atoms with Crippen LogP contribution in [0.1, 0.15) is 12.0 Å². The Morgan fingerprint density at radius 1 is 1.42 bits per heavy atom. The van der Waals surface area contributed by atoms with Crippen LogP contribution in [-0.2, 0) is 16.1 Å². The van der Waals surface area contributed by atoms with Crippen molar-refractivity contribution >= 4 is 17.5 Å². The van der Waals surface area contributed by atoms with Gasteiger partial charge in [-0.2, -0.15) is 0 Å². The van der Waals surface area contributed by atoms with Gasteiger partial charge < -0.3 is 15.4 Å². The second-order valence-electron chi connectivity index (χ2n) is 4.01. The molecule has 1 aromatic carbocycles. The summed E-state index contributed by atoms with van der Waals surface area (Å²) in [6.45, 7) is 1.85. The smallest absolute Gasteiger partial charge is 0.221 e. The largest absolute Gasteiger partial charge is 0.383 e. The van der Waals surface area contributed by atoms with E-state index in [1.807, 2.05) is 0 Å². The quantitative estimate of drug-likeness (QED) is 0.716. The minimum atomic E-state index is -0.343. The molecule has 1 rings (SSSR count). The average molecular weight is 289 g/mol. The maximum absolute atomic E-state index is 13.4. The highest BCUT2D eigenvalue weighted by Crippen LogP contribution is 2.14. The van der Waals surface area contributed by atoms with Gasteiger partial charge in [0.05, 0.1) is 6.61 Å². The zero-order chi connectivity index (χ0) is 14.1. The van der Waals surface area contributed by atoms with Crippen LogP contribution in [-0.4, -0.2) is 32.7 Å². The molecule has 106 valence electrons. The van der Waals surface area contributed by atoms with Crippen molar-refractivity contribution in [3.8, 4) is 0 Å². The van der Waals surface area contributed by atoms with E-state index in [0.29, 0.717) is 43.2 Å². The Kier molecular flexibility index (Phi) is 7.40. The van der Waals surface area contributed by atoms with Crippen LogP contribution in [0.3, 0.4) is 0 Å². The van der Waals surface area contributed by atoms with Gasteiger partial charge in [0.15, 0.2) is 0 Å². The molecule has 1 amide bonds. The fourth-order valence-corrected chi connectivity index (χ4v) is 1.63. The first-order valence-electron chi connectivity index (χ1n) is 6.03. The molecule has 0 aromatic heterocycles. The molecule has 0 spiro atoms. The van der Waals surface area contributed by atoms with Crippen LogP contribution in [0.15, 0.2) is 18.2 Å². The summed E-state index contributed by atoms with van der Waals surface area (Å²) in [5.41, 5.74) is 0.532. The normalized spacial score (nSPS) is 10.5. The molecule has 0 atom stereocenters. The number of methoxy groups -OCH3 is 1. The highest BCUT2D eigenvalue weighted by molar-refractivity contribution is 6.30. The van der Waals surface area contributed by atoms with E-state index in [1.54, 1.807) is 19.2 Å². The van der Waals surface area contributed by atoms with Crippen LogP contribution in [0.25, 0.3) is 0 Å². The van der Waals surface area contributed by atoms with Crippen molar-refractivity contribution in [2.24, 2.45) is 0 Å². The van der Waals surface area contributed by atoms with E-state index in [9.17, 15) is 9.18 Å². The number of hydrogen-bond acceptors (Lipinski definition) is 3. The molecule has 0 bridgehead atoms. The Hall–Kier alpha value is -1.17. The minimum Gasteiger partial charge on any atom is -0.383 e. The lowest BCUT2D eigenvalue weighted by Gasteiger charge is -2.07. The first kappa shape index (κ1) is 15.9. The van der Waals surface area contributed by atoms with Gasteiger partial charge in [-0.3, -0.25) is 4.79 Å². The molecule has 1 aromatic rings. The van der Waals surface area contributed by atoms with Crippen molar-refractivity contribution in [3.05, 3.63) is 34.6 Å². The molecular formula is C13H18ClFN2O2. The van der Waals surface area contributed by atoms with Crippen molar-refractivity contribution in [3.63, 3.8) is 0 Å². The second kappa shape index (κ2) is 8.85. The van der Waals surface area contributed by atoms with Gasteiger partial charge in [-0.15, -0.1) is 0 Å². The molecule has 0 unspecified atom stereocenters. The number of nitrogens with one attached hydrogen (secondary N) is 2. The average Bonchev–Trinajstić information content (AvgIpc) is 2.37. The maximum atomic E-state index is 13.4. The number of rotatable bonds is 8. The highest BCUT2D eigenvalue weighted by atomic mass is 35.5. The van der Waals surface area contributed by atoms with Gasteiger partial charge >= 0.3 is 0 Å². The summed E-state index contributed by atoms with van der Waals surface area (Å²) in [6.07, 6.45) is 0.346. The fraction of sp³-hybridized carbons (Fsp3) is 0.462. The predicted octanol–water partition coefficient (Wildman–Crippen LogP) is 1.72. The molecular weight excluding hydrogens is 271 g/mol. The lowest BCUT2D eigenvalue weighted by molar-refractivity contribution is -0.121. The zero-order valence-electron chi connectivity index (χ0n) is 10.8. The maximum Gasteiger partial charge on any atom is 0.221 e. The van der Waals surface area contributed by atoms with Gasteiger partial charge in [-0.05, 0) is 12.1 Å². The van der Waals surface area contributed by atoms with Crippen molar-refractivity contribution in [1.82, 2.24) is 10.6 Å². The van der Waals surface area contributed by atoms with E-state index in [0.717, 1.165) is 0 Å². The van der Waals surface area contributed by atoms with E-state index in [-0.39, 0.29) is 11.7 Å². The van der Waals surface area contributed by atoms with E-state index >= 15 is 0 Å². The number of hydrogen-bond donors (Lipinski definition) is 2. The summed E-state index contributed by atoms with van der Waals surface area (Å²) in [5.74, 6) is -0.398. The third-order valence-corrected chi connectivity index (χ3v) is 2.72. The third-order valence-electron chi connectivity index (χ3n) is 2.49. The van der Waals surface area contributed by atoms with E-state index < -0.39 is 0 Å². The van der Waals surface area contributed by atoms with Crippen LogP contribution in [0.2, 0.25) is 5.02 Å². The van der Waals surface area contributed by atoms with E-state index in [1.165, 1.54) is 6.07 Å². The molecule has 0 fully saturated rings. The number of amides is 1. The predicted molar refractivity (Wildman–Crippen MR) is 72.6 cm³/mol. The lowest BCUT2D eigenvalue weighted by Crippen LogP contribution is -2.30. The van der Waals surface area contributed by atoms with Crippen molar-refractivity contribution < 1.29 is 13.9 Å². The van der Waals surface area contributed by atoms with Crippen molar-refractivity contribution in [1.29, 1.82) is 0 Å². The monoisotopic (exact) mass is 288 g/mol. The fourth-order valence-electron chi connectivity index (χ4n) is 1.47. The van der Waals surface area contributed by atoms with Crippen molar-refractivity contribution in [2.75, 3.05) is 26.8 Å². The Labute approximate surface area is 117 Å². The highest BCUT2D eigenvalue weighted by Gasteiger charge is 2.03. The van der Waals surface area contributed by atoms with Crippen LogP contribution in [0.4, 0.5) is 4.39 Å². The summed E-state index contributed by atoms with van der Waals surface area (Å²) >= 11 is 5.66. The molecule has 4 nitrogen and oxygen atoms in total. The molecule has 0 heterocycles. The van der Waals surface area contributed by atoms with Gasteiger partial charge in [0.25, 0.3) is 0 Å². The van der Waals surface area contributed by atoms with Crippen LogP contribution in [0, 0.1) is 5.82 Å². The number of ether oxygens (including phenoxy) is 1. The number of halogens is 2. The molecule has 2 N–H and O–H groups in total. The minimum absolute atomic E-state index is 0.0545. The second-order valence-corrected chi connectivity index (χ2v) is 4.44. The van der Waals surface area contributed by atoms with Crippen LogP contribution in [0.5, 0.6) is 0 Å². The Morgan fingerprint density at radius 3 is 2.89 bits per heavy atom. The summed E-state index contributed by atoms with van der Waals surface area (Å²) in [7, 11) is 1.58. The van der Waals surface area contributed by atoms with Crippen LogP contribution < -0.4 is 10.6 Å². The first-order chi connectivity index (χ1) is 9.13. The summed E-state index contributed by atoms with van der Waals surface area (Å²) < 4.78 is 18.2. The zero-order valence-corrected chi connectivity index (χ0v) is 11.6. The van der Waals surface area contributed by atoms with Gasteiger partial charge in [0.1, 0.15) is 5.82 Å². The molecule has 0 aliphatic carbocycles. The number of benzene rings is 1. The lowest BCUT2D eigenvalue weighted by atomic mass is 10.2. The SMILES string of the molecule is COCCNC(=O)CCNCc1ccc(Cl)cc1F. The number of carbonyl (C=O) groups excluding carboxylic acids is 1. The standard InChI is InChI=1S/C13H18ClFN2O2/c1-19-7-6-17-13(18)4-5-16-9-10-2-3-11(14)8-12(10)15/h2-3,8,16H,4-7,9H2,1H3,(H,17,18). The Morgan fingerprint density at radius 2 is 2.21 bits per heavy atom. The van der Waals surface area contributed by atoms with Gasteiger partial charge in [0.2, 0.25) is 5.91 Å². The van der Waals surface area contributed by atoms with E-state index in [4.69, 9.17) is 16.3 Å². The summed E-state index contributed by atoms with van der Waals surface area (Å²) in [5, 5.41) is 6.09. The molecule has 0 aliphatic heterocycles. The van der Waals surface area contributed by atoms with E-state index in [2.05, 4.69) is 10.6 Å². The topological polar surface area (TPSA) is 50.4 Å². The Balaban J connectivity index is 2.18. The molecule has 6 heteroatoms. The van der Waals surface area contributed by atoms with Gasteiger partial charge in [0, 0.05) is 43.8 Å². The Bertz CT molecular complexity index is 416. The molecule has 0 aliphatic rings. The molecule has 0 saturated carbocycles. The molecule has 0 saturated heterocycles. The van der Waals surface area contributed by atoms with Gasteiger partial charge in [-0.25, -0.2) is 4.39 Å². The summed E-state index contributed by atoms with van der Waals surface area (Å²) in [4.78, 5) is 11.3. The third kappa shape index (κ3) is 6.52. The first-order valence-corrected chi connectivity index (χ1v) is 6.41. The van der Waals surface area contributed by atoms with Gasteiger partial charge in [-0.1, -0.05) is 17.7 Å². The van der Waals surface area contributed by atoms with Crippen LogP contribution >= 0.6 is 11.6 Å². The number of carbonyl (C=O) groups is 1. The van der Waals surface area contributed by atoms with Crippen molar-refractivity contribution in [2.45, 2.75) is 13.0 Å². The molecule has 0 radical (unpaired) electrons.